The third kappa shape index (κ3) is 18.5. The zero-order valence-corrected chi connectivity index (χ0v) is 5.79. The summed E-state index contributed by atoms with van der Waals surface area (Å²) >= 11 is 0. The van der Waals surface area contributed by atoms with Crippen LogP contribution in [0.5, 0.6) is 0 Å². The summed E-state index contributed by atoms with van der Waals surface area (Å²) in [6.07, 6.45) is 1.38. The van der Waals surface area contributed by atoms with Crippen LogP contribution < -0.4 is 0 Å². The molecule has 0 N–H and O–H groups in total. The Kier molecular flexibility index (Phi) is 13.2. The van der Waals surface area contributed by atoms with Gasteiger partial charge in [-0.3, -0.25) is 4.79 Å². The summed E-state index contributed by atoms with van der Waals surface area (Å²) in [5.74, 6) is 0.343. The second kappa shape index (κ2) is 10.5. The topological polar surface area (TPSA) is 17.1 Å². The summed E-state index contributed by atoms with van der Waals surface area (Å²) in [5.41, 5.74) is 0. The Hall–Kier alpha value is -0.470. The van der Waals surface area contributed by atoms with Crippen molar-refractivity contribution in [2.24, 2.45) is 0 Å². The lowest BCUT2D eigenvalue weighted by atomic mass is 10.3. The molecular weight excluding hydrogens is 126 g/mol. The molecule has 0 saturated carbocycles. The van der Waals surface area contributed by atoms with E-state index in [1.807, 2.05) is 13.8 Å². The predicted molar refractivity (Wildman–Crippen MR) is 32.7 cm³/mol. The van der Waals surface area contributed by atoms with Crippen LogP contribution in [0.1, 0.15) is 26.7 Å². The van der Waals surface area contributed by atoms with Crippen LogP contribution in [0, 0.1) is 0 Å². The van der Waals surface area contributed by atoms with Crippen LogP contribution in [0.4, 0.5) is 8.78 Å². The van der Waals surface area contributed by atoms with E-state index in [9.17, 15) is 13.6 Å². The van der Waals surface area contributed by atoms with Crippen molar-refractivity contribution >= 4 is 5.78 Å². The lowest BCUT2D eigenvalue weighted by molar-refractivity contribution is -0.118. The van der Waals surface area contributed by atoms with Crippen molar-refractivity contribution in [2.45, 2.75) is 26.7 Å². The summed E-state index contributed by atoms with van der Waals surface area (Å²) < 4.78 is 19.2. The molecule has 0 atom stereocenters. The highest BCUT2D eigenvalue weighted by atomic mass is 19.3. The van der Waals surface area contributed by atoms with E-state index < -0.39 is 6.93 Å². The number of alkyl halides is 2. The number of Topliss-reactive ketones (excluding diaryl/α,β-unsaturated/α-hetero) is 1. The smallest absolute Gasteiger partial charge is 0.229 e. The van der Waals surface area contributed by atoms with Crippen molar-refractivity contribution in [3.05, 3.63) is 0 Å². The summed E-state index contributed by atoms with van der Waals surface area (Å²) in [7, 11) is 0. The van der Waals surface area contributed by atoms with Gasteiger partial charge >= 0.3 is 0 Å². The highest BCUT2D eigenvalue weighted by molar-refractivity contribution is 5.77. The van der Waals surface area contributed by atoms with Crippen molar-refractivity contribution < 1.29 is 13.6 Å². The van der Waals surface area contributed by atoms with E-state index in [-0.39, 0.29) is 0 Å². The Balaban J connectivity index is 0. The van der Waals surface area contributed by atoms with Gasteiger partial charge in [0.1, 0.15) is 5.78 Å². The summed E-state index contributed by atoms with van der Waals surface area (Å²) in [6.45, 7) is 2.01. The number of rotatable bonds is 2. The van der Waals surface area contributed by atoms with Gasteiger partial charge < -0.3 is 0 Å². The van der Waals surface area contributed by atoms with Gasteiger partial charge in [-0.05, 0) is 0 Å². The minimum absolute atomic E-state index is 0.343. The van der Waals surface area contributed by atoms with E-state index in [4.69, 9.17) is 0 Å². The molecule has 1 nitrogen and oxygen atoms in total. The Bertz CT molecular complexity index is 58.1. The van der Waals surface area contributed by atoms with E-state index in [2.05, 4.69) is 0 Å². The molecular formula is C6H12F2O. The molecule has 0 bridgehead atoms. The molecule has 0 unspecified atom stereocenters. The summed E-state index contributed by atoms with van der Waals surface area (Å²) in [5, 5.41) is 0. The van der Waals surface area contributed by atoms with Gasteiger partial charge in [-0.25, -0.2) is 8.78 Å². The fraction of sp³-hybridized carbons (Fsp3) is 0.833. The third-order valence-corrected chi connectivity index (χ3v) is 0.789. The quantitative estimate of drug-likeness (QED) is 0.572. The molecule has 0 aromatic rings. The third-order valence-electron chi connectivity index (χ3n) is 0.789. The molecule has 0 aliphatic heterocycles. The van der Waals surface area contributed by atoms with Gasteiger partial charge in [-0.15, -0.1) is 0 Å². The van der Waals surface area contributed by atoms with Gasteiger partial charge in [0.25, 0.3) is 0 Å². The molecule has 0 aliphatic rings. The fourth-order valence-electron chi connectivity index (χ4n) is 0.250. The number of hydrogen-bond acceptors (Lipinski definition) is 1. The average molecular weight is 138 g/mol. The maximum atomic E-state index is 10.2. The largest absolute Gasteiger partial charge is 0.300 e. The Morgan fingerprint density at radius 3 is 1.44 bits per heavy atom. The standard InChI is InChI=1S/C5H10O.CH2F2/c1-3-5(6)4-2;2-1-3/h3-4H2,1-2H3;1H2. The van der Waals surface area contributed by atoms with Crippen LogP contribution >= 0.6 is 0 Å². The van der Waals surface area contributed by atoms with Crippen molar-refractivity contribution in [2.75, 3.05) is 6.93 Å². The Morgan fingerprint density at radius 1 is 1.22 bits per heavy atom. The molecule has 0 amide bonds. The molecule has 56 valence electrons. The first-order valence-electron chi connectivity index (χ1n) is 2.86. The van der Waals surface area contributed by atoms with Crippen LogP contribution in [0.15, 0.2) is 0 Å². The second-order valence-electron chi connectivity index (χ2n) is 1.35. The first kappa shape index (κ1) is 11.3. The maximum Gasteiger partial charge on any atom is 0.229 e. The predicted octanol–water partition coefficient (Wildman–Crippen LogP) is 2.26. The molecule has 0 saturated heterocycles. The highest BCUT2D eigenvalue weighted by Crippen LogP contribution is 1.83. The van der Waals surface area contributed by atoms with Crippen LogP contribution in [0.25, 0.3) is 0 Å². The van der Waals surface area contributed by atoms with E-state index in [0.717, 1.165) is 0 Å². The molecule has 9 heavy (non-hydrogen) atoms. The van der Waals surface area contributed by atoms with Gasteiger partial charge in [0.15, 0.2) is 0 Å². The molecule has 0 rings (SSSR count). The van der Waals surface area contributed by atoms with Gasteiger partial charge in [0.05, 0.1) is 0 Å². The van der Waals surface area contributed by atoms with Gasteiger partial charge in [0.2, 0.25) is 6.93 Å². The van der Waals surface area contributed by atoms with Crippen molar-refractivity contribution in [3.63, 3.8) is 0 Å². The molecule has 0 heterocycles. The van der Waals surface area contributed by atoms with Crippen molar-refractivity contribution in [1.82, 2.24) is 0 Å². The van der Waals surface area contributed by atoms with Crippen LogP contribution in [-0.2, 0) is 4.79 Å². The van der Waals surface area contributed by atoms with Crippen LogP contribution in [0.2, 0.25) is 0 Å². The van der Waals surface area contributed by atoms with E-state index >= 15 is 0 Å². The Labute approximate surface area is 54.1 Å². The molecule has 3 heteroatoms. The minimum Gasteiger partial charge on any atom is -0.300 e. The number of ketones is 1. The zero-order valence-electron chi connectivity index (χ0n) is 5.79. The lowest BCUT2D eigenvalue weighted by Gasteiger charge is -1.81. The number of carbonyl (C=O) groups excluding carboxylic acids is 1. The molecule has 0 radical (unpaired) electrons. The lowest BCUT2D eigenvalue weighted by Crippen LogP contribution is -1.88. The second-order valence-corrected chi connectivity index (χ2v) is 1.35. The molecule has 0 fully saturated rings. The molecule has 0 aliphatic carbocycles. The van der Waals surface area contributed by atoms with Gasteiger partial charge in [-0.1, -0.05) is 13.8 Å². The monoisotopic (exact) mass is 138 g/mol. The molecule has 0 aromatic heterocycles. The number of halogens is 2. The summed E-state index contributed by atoms with van der Waals surface area (Å²) in [6, 6.07) is 0. The van der Waals surface area contributed by atoms with E-state index in [0.29, 0.717) is 18.6 Å². The first-order chi connectivity index (χ1) is 4.22. The minimum atomic E-state index is -1.75. The highest BCUT2D eigenvalue weighted by Gasteiger charge is 1.86. The van der Waals surface area contributed by atoms with Gasteiger partial charge in [-0.2, -0.15) is 0 Å². The molecule has 0 spiro atoms. The first-order valence-corrected chi connectivity index (χ1v) is 2.86. The number of carbonyl (C=O) groups is 1. The Morgan fingerprint density at radius 2 is 1.44 bits per heavy atom. The zero-order chi connectivity index (χ0) is 7.70. The van der Waals surface area contributed by atoms with Crippen LogP contribution in [0.3, 0.4) is 0 Å². The fourth-order valence-corrected chi connectivity index (χ4v) is 0.250. The molecule has 0 aromatic carbocycles. The van der Waals surface area contributed by atoms with Crippen molar-refractivity contribution in [1.29, 1.82) is 0 Å². The normalized spacial score (nSPS) is 7.56. The number of hydrogen-bond donors (Lipinski definition) is 0. The van der Waals surface area contributed by atoms with Crippen molar-refractivity contribution in [3.8, 4) is 0 Å². The van der Waals surface area contributed by atoms with E-state index in [1.54, 1.807) is 0 Å². The maximum absolute atomic E-state index is 10.2. The SMILES string of the molecule is CCC(=O)CC.FCF. The average Bonchev–Trinajstić information content (AvgIpc) is 1.88. The van der Waals surface area contributed by atoms with Crippen LogP contribution in [-0.4, -0.2) is 12.7 Å². The van der Waals surface area contributed by atoms with E-state index in [1.165, 1.54) is 0 Å². The van der Waals surface area contributed by atoms with Gasteiger partial charge in [0, 0.05) is 12.8 Å². The summed E-state index contributed by atoms with van der Waals surface area (Å²) in [4.78, 5) is 10.2.